The maximum atomic E-state index is 9.38. The van der Waals surface area contributed by atoms with Crippen LogP contribution in [-0.2, 0) is 12.8 Å². The number of aromatic nitrogens is 2. The predicted molar refractivity (Wildman–Crippen MR) is 75.9 cm³/mol. The Bertz CT molecular complexity index is 486. The van der Waals surface area contributed by atoms with Crippen molar-refractivity contribution in [1.82, 2.24) is 10.2 Å². The van der Waals surface area contributed by atoms with Crippen LogP contribution in [0.5, 0.6) is 0 Å². The molecular formula is C15H22N4. The van der Waals surface area contributed by atoms with E-state index in [1.54, 1.807) is 0 Å². The summed E-state index contributed by atoms with van der Waals surface area (Å²) in [6.07, 6.45) is 4.33. The number of hydrogen-bond acceptors (Lipinski definition) is 4. The molecule has 0 aromatic carbocycles. The molecule has 0 amide bonds. The van der Waals surface area contributed by atoms with Gasteiger partial charge in [0.15, 0.2) is 5.82 Å². The van der Waals surface area contributed by atoms with E-state index in [9.17, 15) is 5.26 Å². The third-order valence-corrected chi connectivity index (χ3v) is 3.98. The normalized spacial score (nSPS) is 15.9. The van der Waals surface area contributed by atoms with Crippen molar-refractivity contribution in [2.24, 2.45) is 11.8 Å². The lowest BCUT2D eigenvalue weighted by Gasteiger charge is -2.15. The van der Waals surface area contributed by atoms with Gasteiger partial charge >= 0.3 is 0 Å². The lowest BCUT2D eigenvalue weighted by molar-refractivity contribution is 0.535. The summed E-state index contributed by atoms with van der Waals surface area (Å²) in [5.41, 5.74) is 2.67. The van der Waals surface area contributed by atoms with Gasteiger partial charge in [-0.2, -0.15) is 10.4 Å². The zero-order valence-electron chi connectivity index (χ0n) is 12.0. The van der Waals surface area contributed by atoms with E-state index in [0.717, 1.165) is 36.6 Å². The molecule has 1 N–H and O–H groups in total. The molecule has 1 saturated carbocycles. The minimum absolute atomic E-state index is 0.643. The van der Waals surface area contributed by atoms with Crippen molar-refractivity contribution in [2.45, 2.75) is 46.5 Å². The van der Waals surface area contributed by atoms with Crippen LogP contribution in [0, 0.1) is 23.2 Å². The predicted octanol–water partition coefficient (Wildman–Crippen LogP) is 2.93. The van der Waals surface area contributed by atoms with Crippen LogP contribution in [0.15, 0.2) is 0 Å². The molecule has 0 radical (unpaired) electrons. The van der Waals surface area contributed by atoms with Crippen LogP contribution in [0.3, 0.4) is 0 Å². The molecule has 0 bridgehead atoms. The van der Waals surface area contributed by atoms with Crippen molar-refractivity contribution in [3.63, 3.8) is 0 Å². The summed E-state index contributed by atoms with van der Waals surface area (Å²) in [6.45, 7) is 7.24. The summed E-state index contributed by atoms with van der Waals surface area (Å²) in [6, 6.07) is 2.29. The lowest BCUT2D eigenvalue weighted by atomic mass is 10.0. The van der Waals surface area contributed by atoms with Gasteiger partial charge in [-0.3, -0.25) is 0 Å². The second-order valence-electron chi connectivity index (χ2n) is 5.36. The summed E-state index contributed by atoms with van der Waals surface area (Å²) in [7, 11) is 0. The molecule has 4 nitrogen and oxygen atoms in total. The largest absolute Gasteiger partial charge is 0.367 e. The zero-order chi connectivity index (χ0) is 13.8. The third-order valence-electron chi connectivity index (χ3n) is 3.98. The van der Waals surface area contributed by atoms with Crippen LogP contribution in [0.2, 0.25) is 0 Å². The summed E-state index contributed by atoms with van der Waals surface area (Å²) in [5.74, 6) is 2.15. The zero-order valence-corrected chi connectivity index (χ0v) is 12.0. The molecule has 102 valence electrons. The standard InChI is InChI=1S/C15H22N4/c1-4-12-13(8-16)15(19-18-14(12)5-2)17-9-10(3)11-6-7-11/h10-11H,4-7,9H2,1-3H3,(H,17,19). The molecular weight excluding hydrogens is 236 g/mol. The summed E-state index contributed by atoms with van der Waals surface area (Å²) in [4.78, 5) is 0. The van der Waals surface area contributed by atoms with E-state index in [4.69, 9.17) is 0 Å². The quantitative estimate of drug-likeness (QED) is 0.852. The molecule has 0 spiro atoms. The van der Waals surface area contributed by atoms with Gasteiger partial charge in [0, 0.05) is 6.54 Å². The molecule has 1 aliphatic rings. The maximum Gasteiger partial charge on any atom is 0.166 e. The second kappa shape index (κ2) is 6.01. The molecule has 2 rings (SSSR count). The van der Waals surface area contributed by atoms with Gasteiger partial charge < -0.3 is 5.32 Å². The van der Waals surface area contributed by atoms with Gasteiger partial charge in [0.1, 0.15) is 11.6 Å². The summed E-state index contributed by atoms with van der Waals surface area (Å²) >= 11 is 0. The fourth-order valence-electron chi connectivity index (χ4n) is 2.51. The average Bonchev–Trinajstić information content (AvgIpc) is 3.27. The molecule has 0 saturated heterocycles. The highest BCUT2D eigenvalue weighted by Crippen LogP contribution is 2.36. The minimum Gasteiger partial charge on any atom is -0.367 e. The van der Waals surface area contributed by atoms with Crippen LogP contribution >= 0.6 is 0 Å². The van der Waals surface area contributed by atoms with E-state index < -0.39 is 0 Å². The van der Waals surface area contributed by atoms with Crippen LogP contribution in [0.1, 0.15) is 50.4 Å². The third kappa shape index (κ3) is 3.04. The molecule has 4 heteroatoms. The Morgan fingerprint density at radius 2 is 2.05 bits per heavy atom. The highest BCUT2D eigenvalue weighted by Gasteiger charge is 2.27. The molecule has 1 atom stereocenters. The number of nitrogens with zero attached hydrogens (tertiary/aromatic N) is 3. The fourth-order valence-corrected chi connectivity index (χ4v) is 2.51. The topological polar surface area (TPSA) is 61.6 Å². The smallest absolute Gasteiger partial charge is 0.166 e. The monoisotopic (exact) mass is 258 g/mol. The Morgan fingerprint density at radius 3 is 2.58 bits per heavy atom. The Hall–Kier alpha value is -1.63. The van der Waals surface area contributed by atoms with E-state index in [1.165, 1.54) is 12.8 Å². The average molecular weight is 258 g/mol. The SMILES string of the molecule is CCc1nnc(NCC(C)C2CC2)c(C#N)c1CC. The van der Waals surface area contributed by atoms with Crippen molar-refractivity contribution >= 4 is 5.82 Å². The second-order valence-corrected chi connectivity index (χ2v) is 5.36. The first-order chi connectivity index (χ1) is 9.21. The molecule has 19 heavy (non-hydrogen) atoms. The molecule has 1 aliphatic carbocycles. The Labute approximate surface area is 115 Å². The number of nitriles is 1. The summed E-state index contributed by atoms with van der Waals surface area (Å²) in [5, 5.41) is 21.1. The molecule has 1 unspecified atom stereocenters. The maximum absolute atomic E-state index is 9.38. The first-order valence-corrected chi connectivity index (χ1v) is 7.23. The molecule has 0 aliphatic heterocycles. The van der Waals surface area contributed by atoms with Gasteiger partial charge in [0.05, 0.1) is 5.69 Å². The van der Waals surface area contributed by atoms with Crippen LogP contribution in [0.25, 0.3) is 0 Å². The van der Waals surface area contributed by atoms with Gasteiger partial charge in [-0.15, -0.1) is 5.10 Å². The van der Waals surface area contributed by atoms with Gasteiger partial charge in [0.25, 0.3) is 0 Å². The summed E-state index contributed by atoms with van der Waals surface area (Å²) < 4.78 is 0. The highest BCUT2D eigenvalue weighted by atomic mass is 15.2. The number of rotatable bonds is 6. The van der Waals surface area contributed by atoms with Gasteiger partial charge in [-0.25, -0.2) is 0 Å². The Morgan fingerprint density at radius 1 is 1.32 bits per heavy atom. The minimum atomic E-state index is 0.643. The molecule has 1 aromatic heterocycles. The van der Waals surface area contributed by atoms with E-state index in [1.807, 2.05) is 6.92 Å². The van der Waals surface area contributed by atoms with Crippen molar-refractivity contribution in [3.05, 3.63) is 16.8 Å². The van der Waals surface area contributed by atoms with Crippen molar-refractivity contribution in [1.29, 1.82) is 5.26 Å². The Kier molecular flexibility index (Phi) is 4.36. The van der Waals surface area contributed by atoms with Gasteiger partial charge in [-0.05, 0) is 43.1 Å². The molecule has 1 fully saturated rings. The van der Waals surface area contributed by atoms with Gasteiger partial charge in [0.2, 0.25) is 0 Å². The van der Waals surface area contributed by atoms with Crippen LogP contribution < -0.4 is 5.32 Å². The van der Waals surface area contributed by atoms with E-state index in [-0.39, 0.29) is 0 Å². The van der Waals surface area contributed by atoms with Gasteiger partial charge in [-0.1, -0.05) is 20.8 Å². The number of nitrogens with one attached hydrogen (secondary N) is 1. The lowest BCUT2D eigenvalue weighted by Crippen LogP contribution is -2.16. The Balaban J connectivity index is 2.17. The fraction of sp³-hybridized carbons (Fsp3) is 0.667. The number of hydrogen-bond donors (Lipinski definition) is 1. The highest BCUT2D eigenvalue weighted by molar-refractivity contribution is 5.56. The van der Waals surface area contributed by atoms with E-state index >= 15 is 0 Å². The van der Waals surface area contributed by atoms with Crippen LogP contribution in [-0.4, -0.2) is 16.7 Å². The molecule has 1 heterocycles. The van der Waals surface area contributed by atoms with E-state index in [0.29, 0.717) is 17.3 Å². The first kappa shape index (κ1) is 13.8. The van der Waals surface area contributed by atoms with E-state index in [2.05, 4.69) is 35.4 Å². The first-order valence-electron chi connectivity index (χ1n) is 7.23. The van der Waals surface area contributed by atoms with Crippen molar-refractivity contribution in [3.8, 4) is 6.07 Å². The number of aryl methyl sites for hydroxylation is 1. The van der Waals surface area contributed by atoms with Crippen molar-refractivity contribution in [2.75, 3.05) is 11.9 Å². The number of anilines is 1. The van der Waals surface area contributed by atoms with Crippen LogP contribution in [0.4, 0.5) is 5.82 Å². The molecule has 1 aromatic rings. The van der Waals surface area contributed by atoms with Crippen molar-refractivity contribution < 1.29 is 0 Å².